The lowest BCUT2D eigenvalue weighted by molar-refractivity contribution is 0.0952. The lowest BCUT2D eigenvalue weighted by Crippen LogP contribution is -2.17. The molecule has 0 fully saturated rings. The second kappa shape index (κ2) is 5.58. The maximum atomic E-state index is 11.7. The predicted octanol–water partition coefficient (Wildman–Crippen LogP) is 0.652. The number of hydrogen-bond acceptors (Lipinski definition) is 6. The van der Waals surface area contributed by atoms with Gasteiger partial charge in [-0.3, -0.25) is 14.8 Å². The first kappa shape index (κ1) is 12.5. The zero-order chi connectivity index (χ0) is 13.7. The van der Waals surface area contributed by atoms with E-state index < -0.39 is 5.91 Å². The van der Waals surface area contributed by atoms with E-state index in [9.17, 15) is 15.0 Å². The van der Waals surface area contributed by atoms with Crippen LogP contribution in [-0.2, 0) is 0 Å². The van der Waals surface area contributed by atoms with Crippen molar-refractivity contribution >= 4 is 12.1 Å². The van der Waals surface area contributed by atoms with E-state index in [4.69, 9.17) is 0 Å². The van der Waals surface area contributed by atoms with Gasteiger partial charge in [0.25, 0.3) is 5.91 Å². The van der Waals surface area contributed by atoms with Gasteiger partial charge in [-0.15, -0.1) is 0 Å². The largest absolute Gasteiger partial charge is 0.506 e. The van der Waals surface area contributed by atoms with Gasteiger partial charge in [-0.05, 0) is 12.1 Å². The Labute approximate surface area is 108 Å². The van der Waals surface area contributed by atoms with Crippen LogP contribution in [0.2, 0.25) is 0 Å². The normalized spacial score (nSPS) is 10.5. The minimum absolute atomic E-state index is 0.0488. The molecular formula is C12H10N4O3. The van der Waals surface area contributed by atoms with Gasteiger partial charge in [-0.25, -0.2) is 5.43 Å². The molecule has 0 spiro atoms. The average molecular weight is 258 g/mol. The van der Waals surface area contributed by atoms with E-state index >= 15 is 0 Å². The number of carbonyl (C=O) groups excluding carboxylic acids is 1. The summed E-state index contributed by atoms with van der Waals surface area (Å²) < 4.78 is 0. The van der Waals surface area contributed by atoms with Crippen molar-refractivity contribution in [2.75, 3.05) is 0 Å². The Bertz CT molecular complexity index is 628. The molecule has 1 amide bonds. The quantitative estimate of drug-likeness (QED) is 0.553. The smallest absolute Gasteiger partial charge is 0.275 e. The minimum Gasteiger partial charge on any atom is -0.506 e. The van der Waals surface area contributed by atoms with Gasteiger partial charge in [0.2, 0.25) is 0 Å². The number of hydrazone groups is 1. The molecule has 0 atom stereocenters. The molecule has 0 aliphatic carbocycles. The van der Waals surface area contributed by atoms with Crippen LogP contribution in [0.15, 0.2) is 42.0 Å². The molecular weight excluding hydrogens is 248 g/mol. The number of pyridine rings is 2. The minimum atomic E-state index is -0.579. The number of nitrogens with zero attached hydrogens (tertiary/aromatic N) is 3. The molecule has 0 saturated heterocycles. The van der Waals surface area contributed by atoms with Crippen molar-refractivity contribution in [3.63, 3.8) is 0 Å². The molecule has 0 aliphatic rings. The van der Waals surface area contributed by atoms with Crippen LogP contribution < -0.4 is 5.43 Å². The Balaban J connectivity index is 2.06. The number of rotatable bonds is 3. The summed E-state index contributed by atoms with van der Waals surface area (Å²) in [4.78, 5) is 19.0. The summed E-state index contributed by atoms with van der Waals surface area (Å²) in [5, 5.41) is 22.5. The van der Waals surface area contributed by atoms with E-state index in [0.717, 1.165) is 6.20 Å². The Kier molecular flexibility index (Phi) is 3.67. The molecule has 0 radical (unpaired) electrons. The molecule has 0 unspecified atom stereocenters. The van der Waals surface area contributed by atoms with E-state index in [-0.39, 0.29) is 17.1 Å². The fraction of sp³-hybridized carbons (Fsp3) is 0. The fourth-order valence-corrected chi connectivity index (χ4v) is 1.30. The number of amides is 1. The zero-order valence-electron chi connectivity index (χ0n) is 9.69. The fourth-order valence-electron chi connectivity index (χ4n) is 1.30. The molecule has 2 heterocycles. The molecule has 96 valence electrons. The zero-order valence-corrected chi connectivity index (χ0v) is 9.69. The molecule has 3 N–H and O–H groups in total. The number of carbonyl (C=O) groups is 1. The molecule has 19 heavy (non-hydrogen) atoms. The van der Waals surface area contributed by atoms with Crippen LogP contribution in [0, 0.1) is 0 Å². The third-order valence-corrected chi connectivity index (χ3v) is 2.25. The molecule has 0 bridgehead atoms. The van der Waals surface area contributed by atoms with Crippen LogP contribution in [0.25, 0.3) is 0 Å². The van der Waals surface area contributed by atoms with E-state index in [1.165, 1.54) is 36.9 Å². The summed E-state index contributed by atoms with van der Waals surface area (Å²) in [5.74, 6) is -0.862. The summed E-state index contributed by atoms with van der Waals surface area (Å²) in [7, 11) is 0. The number of hydrogen-bond donors (Lipinski definition) is 3. The molecule has 7 heteroatoms. The van der Waals surface area contributed by atoms with Gasteiger partial charge in [-0.2, -0.15) is 5.10 Å². The van der Waals surface area contributed by atoms with Gasteiger partial charge in [0, 0.05) is 18.0 Å². The number of aromatic nitrogens is 2. The van der Waals surface area contributed by atoms with Crippen molar-refractivity contribution in [3.8, 4) is 11.5 Å². The number of nitrogens with one attached hydrogen (secondary N) is 1. The van der Waals surface area contributed by atoms with Crippen molar-refractivity contribution in [1.82, 2.24) is 15.4 Å². The monoisotopic (exact) mass is 258 g/mol. The Morgan fingerprint density at radius 1 is 1.16 bits per heavy atom. The highest BCUT2D eigenvalue weighted by Crippen LogP contribution is 2.13. The van der Waals surface area contributed by atoms with Crippen LogP contribution in [0.1, 0.15) is 15.9 Å². The number of aromatic hydroxyl groups is 2. The first-order valence-electron chi connectivity index (χ1n) is 5.28. The first-order valence-corrected chi connectivity index (χ1v) is 5.28. The van der Waals surface area contributed by atoms with Gasteiger partial charge in [0.1, 0.15) is 11.5 Å². The molecule has 2 aromatic heterocycles. The summed E-state index contributed by atoms with van der Waals surface area (Å²) in [6, 6.07) is 2.90. The van der Waals surface area contributed by atoms with Crippen LogP contribution in [0.3, 0.4) is 0 Å². The van der Waals surface area contributed by atoms with E-state index in [0.29, 0.717) is 5.56 Å². The third kappa shape index (κ3) is 3.03. The topological polar surface area (TPSA) is 108 Å². The van der Waals surface area contributed by atoms with Crippen LogP contribution in [0.4, 0.5) is 0 Å². The van der Waals surface area contributed by atoms with Crippen LogP contribution in [0.5, 0.6) is 11.5 Å². The molecule has 2 rings (SSSR count). The maximum absolute atomic E-state index is 11.7. The van der Waals surface area contributed by atoms with Gasteiger partial charge in [-0.1, -0.05) is 0 Å². The highest BCUT2D eigenvalue weighted by molar-refractivity contribution is 5.97. The lowest BCUT2D eigenvalue weighted by Gasteiger charge is -2.01. The standard InChI is InChI=1S/C12H10N4O3/c17-10-6-13-3-1-8(10)5-15-16-12(19)9-2-4-14-7-11(9)18/h1-7,17-18H,(H,16,19)/b15-5+. The second-order valence-corrected chi connectivity index (χ2v) is 3.53. The summed E-state index contributed by atoms with van der Waals surface area (Å²) in [6.45, 7) is 0. The van der Waals surface area contributed by atoms with E-state index in [1.54, 1.807) is 0 Å². The van der Waals surface area contributed by atoms with Gasteiger partial charge < -0.3 is 10.2 Å². The molecule has 7 nitrogen and oxygen atoms in total. The Morgan fingerprint density at radius 2 is 1.84 bits per heavy atom. The van der Waals surface area contributed by atoms with Crippen LogP contribution >= 0.6 is 0 Å². The summed E-state index contributed by atoms with van der Waals surface area (Å²) >= 11 is 0. The molecule has 0 aliphatic heterocycles. The second-order valence-electron chi connectivity index (χ2n) is 3.53. The van der Waals surface area contributed by atoms with Gasteiger partial charge >= 0.3 is 0 Å². The Morgan fingerprint density at radius 3 is 2.53 bits per heavy atom. The first-order chi connectivity index (χ1) is 9.18. The van der Waals surface area contributed by atoms with Crippen molar-refractivity contribution in [2.24, 2.45) is 5.10 Å². The highest BCUT2D eigenvalue weighted by atomic mass is 16.3. The maximum Gasteiger partial charge on any atom is 0.275 e. The van der Waals surface area contributed by atoms with E-state index in [1.807, 2.05) is 0 Å². The average Bonchev–Trinajstić information content (AvgIpc) is 2.41. The van der Waals surface area contributed by atoms with Crippen LogP contribution in [-0.4, -0.2) is 32.3 Å². The molecule has 2 aromatic rings. The molecule has 0 saturated carbocycles. The van der Waals surface area contributed by atoms with Gasteiger partial charge in [0.15, 0.2) is 0 Å². The molecule has 0 aromatic carbocycles. The van der Waals surface area contributed by atoms with Crippen molar-refractivity contribution in [3.05, 3.63) is 48.0 Å². The lowest BCUT2D eigenvalue weighted by atomic mass is 10.2. The van der Waals surface area contributed by atoms with E-state index in [2.05, 4.69) is 20.5 Å². The summed E-state index contributed by atoms with van der Waals surface area (Å²) in [5.41, 5.74) is 2.70. The summed E-state index contributed by atoms with van der Waals surface area (Å²) in [6.07, 6.45) is 6.56. The van der Waals surface area contributed by atoms with Crippen molar-refractivity contribution < 1.29 is 15.0 Å². The third-order valence-electron chi connectivity index (χ3n) is 2.25. The highest BCUT2D eigenvalue weighted by Gasteiger charge is 2.09. The Hall–Kier alpha value is -2.96. The SMILES string of the molecule is O=C(N/N=C/c1ccncc1O)c1ccncc1O. The van der Waals surface area contributed by atoms with Crippen molar-refractivity contribution in [2.45, 2.75) is 0 Å². The van der Waals surface area contributed by atoms with Gasteiger partial charge in [0.05, 0.1) is 24.2 Å². The van der Waals surface area contributed by atoms with Crippen molar-refractivity contribution in [1.29, 1.82) is 0 Å². The predicted molar refractivity (Wildman–Crippen MR) is 66.9 cm³/mol.